The van der Waals surface area contributed by atoms with Crippen molar-refractivity contribution in [3.8, 4) is 0 Å². The molecule has 5 nitrogen and oxygen atoms in total. The van der Waals surface area contributed by atoms with Crippen molar-refractivity contribution in [3.63, 3.8) is 0 Å². The third kappa shape index (κ3) is 3.63. The van der Waals surface area contributed by atoms with Crippen LogP contribution in [0.3, 0.4) is 0 Å². The van der Waals surface area contributed by atoms with Crippen molar-refractivity contribution in [1.82, 2.24) is 4.98 Å². The van der Waals surface area contributed by atoms with E-state index in [-0.39, 0.29) is 5.41 Å². The summed E-state index contributed by atoms with van der Waals surface area (Å²) < 4.78 is 23.0. The monoisotopic (exact) mass is 332 g/mol. The SMILES string of the molecule is CC(C)S(=O)(=O)C(C)(C)C(=O)Nc1nc(C(C)(C)C)cs1. The fourth-order valence-electron chi connectivity index (χ4n) is 1.64. The number of amides is 1. The van der Waals surface area contributed by atoms with Gasteiger partial charge in [-0.1, -0.05) is 20.8 Å². The maximum Gasteiger partial charge on any atom is 0.247 e. The Hall–Kier alpha value is -0.950. The minimum Gasteiger partial charge on any atom is -0.301 e. The quantitative estimate of drug-likeness (QED) is 0.919. The largest absolute Gasteiger partial charge is 0.301 e. The second-order valence-corrected chi connectivity index (χ2v) is 10.8. The van der Waals surface area contributed by atoms with E-state index in [4.69, 9.17) is 0 Å². The van der Waals surface area contributed by atoms with Crippen LogP contribution in [0, 0.1) is 0 Å². The highest BCUT2D eigenvalue weighted by molar-refractivity contribution is 7.94. The van der Waals surface area contributed by atoms with Gasteiger partial charge in [-0.15, -0.1) is 11.3 Å². The molecule has 0 unspecified atom stereocenters. The minimum absolute atomic E-state index is 0.112. The Morgan fingerprint density at radius 2 is 1.76 bits per heavy atom. The summed E-state index contributed by atoms with van der Waals surface area (Å²) in [6.45, 7) is 12.1. The molecule has 1 rings (SSSR count). The van der Waals surface area contributed by atoms with Gasteiger partial charge in [-0.2, -0.15) is 0 Å². The van der Waals surface area contributed by atoms with Crippen LogP contribution in [-0.2, 0) is 20.0 Å². The van der Waals surface area contributed by atoms with E-state index in [0.29, 0.717) is 5.13 Å². The van der Waals surface area contributed by atoms with Crippen LogP contribution in [0.4, 0.5) is 5.13 Å². The molecular formula is C14H24N2O3S2. The molecule has 1 heterocycles. The number of thiazole rings is 1. The molecule has 0 aliphatic rings. The van der Waals surface area contributed by atoms with E-state index >= 15 is 0 Å². The lowest BCUT2D eigenvalue weighted by Crippen LogP contribution is -2.47. The zero-order valence-corrected chi connectivity index (χ0v) is 15.3. The molecule has 0 aliphatic carbocycles. The molecule has 0 bridgehead atoms. The van der Waals surface area contributed by atoms with Crippen molar-refractivity contribution in [2.75, 3.05) is 5.32 Å². The van der Waals surface area contributed by atoms with Crippen LogP contribution in [-0.4, -0.2) is 29.3 Å². The van der Waals surface area contributed by atoms with Crippen molar-refractivity contribution in [2.45, 2.75) is 63.9 Å². The lowest BCUT2D eigenvalue weighted by molar-refractivity contribution is -0.117. The number of nitrogens with zero attached hydrogens (tertiary/aromatic N) is 1. The van der Waals surface area contributed by atoms with Gasteiger partial charge < -0.3 is 5.32 Å². The fourth-order valence-corrected chi connectivity index (χ4v) is 4.06. The molecule has 0 atom stereocenters. The number of sulfone groups is 1. The predicted octanol–water partition coefficient (Wildman–Crippen LogP) is 2.98. The molecule has 0 aliphatic heterocycles. The first-order valence-corrected chi connectivity index (χ1v) is 9.23. The summed E-state index contributed by atoms with van der Waals surface area (Å²) in [5, 5.41) is 4.32. The number of rotatable bonds is 4. The van der Waals surface area contributed by atoms with E-state index in [1.807, 2.05) is 26.2 Å². The smallest absolute Gasteiger partial charge is 0.247 e. The van der Waals surface area contributed by atoms with Gasteiger partial charge in [-0.25, -0.2) is 13.4 Å². The number of anilines is 1. The second kappa shape index (κ2) is 5.68. The number of hydrogen-bond acceptors (Lipinski definition) is 5. The molecule has 0 spiro atoms. The van der Waals surface area contributed by atoms with Crippen LogP contribution in [0.2, 0.25) is 0 Å². The molecule has 0 radical (unpaired) electrons. The van der Waals surface area contributed by atoms with E-state index in [1.165, 1.54) is 25.2 Å². The standard InChI is InChI=1S/C14H24N2O3S2/c1-9(2)21(18,19)14(6,7)11(17)16-12-15-10(8-20-12)13(3,4)5/h8-9H,1-7H3,(H,15,16,17). The number of hydrogen-bond donors (Lipinski definition) is 1. The molecule has 120 valence electrons. The zero-order valence-electron chi connectivity index (χ0n) is 13.6. The van der Waals surface area contributed by atoms with Crippen LogP contribution in [0.25, 0.3) is 0 Å². The fraction of sp³-hybridized carbons (Fsp3) is 0.714. The number of carbonyl (C=O) groups is 1. The Balaban J connectivity index is 2.99. The third-order valence-corrected chi connectivity index (χ3v) is 6.98. The first kappa shape index (κ1) is 18.1. The van der Waals surface area contributed by atoms with Gasteiger partial charge >= 0.3 is 0 Å². The van der Waals surface area contributed by atoms with Gasteiger partial charge in [0.1, 0.15) is 4.75 Å². The summed E-state index contributed by atoms with van der Waals surface area (Å²) in [5.74, 6) is -0.550. The molecule has 0 saturated carbocycles. The highest BCUT2D eigenvalue weighted by atomic mass is 32.2. The molecule has 1 N–H and O–H groups in total. The average Bonchev–Trinajstić information content (AvgIpc) is 2.76. The normalized spacial score (nSPS) is 13.5. The highest BCUT2D eigenvalue weighted by Gasteiger charge is 2.43. The molecular weight excluding hydrogens is 308 g/mol. The average molecular weight is 332 g/mol. The molecule has 7 heteroatoms. The molecule has 1 aromatic heterocycles. The minimum atomic E-state index is -3.55. The summed E-state index contributed by atoms with van der Waals surface area (Å²) in [5.41, 5.74) is 0.756. The third-order valence-electron chi connectivity index (χ3n) is 3.37. The summed E-state index contributed by atoms with van der Waals surface area (Å²) in [7, 11) is -3.55. The first-order valence-electron chi connectivity index (χ1n) is 6.81. The topological polar surface area (TPSA) is 76.1 Å². The molecule has 0 fully saturated rings. The Labute approximate surface area is 131 Å². The van der Waals surface area contributed by atoms with Gasteiger partial charge in [0.15, 0.2) is 15.0 Å². The predicted molar refractivity (Wildman–Crippen MR) is 87.6 cm³/mol. The van der Waals surface area contributed by atoms with Gasteiger partial charge in [0.25, 0.3) is 0 Å². The van der Waals surface area contributed by atoms with Crippen molar-refractivity contribution >= 4 is 32.2 Å². The van der Waals surface area contributed by atoms with E-state index < -0.39 is 25.7 Å². The van der Waals surface area contributed by atoms with Gasteiger partial charge in [0.05, 0.1) is 10.9 Å². The van der Waals surface area contributed by atoms with E-state index in [0.717, 1.165) is 5.69 Å². The van der Waals surface area contributed by atoms with Gasteiger partial charge in [0.2, 0.25) is 5.91 Å². The van der Waals surface area contributed by atoms with E-state index in [9.17, 15) is 13.2 Å². The Morgan fingerprint density at radius 1 is 1.24 bits per heavy atom. The van der Waals surface area contributed by atoms with Crippen molar-refractivity contribution in [2.24, 2.45) is 0 Å². The molecule has 21 heavy (non-hydrogen) atoms. The van der Waals surface area contributed by atoms with Crippen LogP contribution in [0.1, 0.15) is 54.2 Å². The van der Waals surface area contributed by atoms with E-state index in [2.05, 4.69) is 10.3 Å². The van der Waals surface area contributed by atoms with Gasteiger partial charge in [0, 0.05) is 10.8 Å². The maximum atomic E-state index is 12.3. The first-order chi connectivity index (χ1) is 9.30. The Morgan fingerprint density at radius 3 is 2.14 bits per heavy atom. The van der Waals surface area contributed by atoms with Gasteiger partial charge in [-0.3, -0.25) is 4.79 Å². The number of carbonyl (C=O) groups excluding carboxylic acids is 1. The number of nitrogens with one attached hydrogen (secondary N) is 1. The lowest BCUT2D eigenvalue weighted by atomic mass is 9.93. The number of aromatic nitrogens is 1. The van der Waals surface area contributed by atoms with Crippen molar-refractivity contribution in [1.29, 1.82) is 0 Å². The van der Waals surface area contributed by atoms with Crippen molar-refractivity contribution in [3.05, 3.63) is 11.1 Å². The summed E-state index contributed by atoms with van der Waals surface area (Å²) in [6.07, 6.45) is 0. The highest BCUT2D eigenvalue weighted by Crippen LogP contribution is 2.28. The lowest BCUT2D eigenvalue weighted by Gasteiger charge is -2.25. The maximum absolute atomic E-state index is 12.3. The Kier molecular flexibility index (Phi) is 4.90. The van der Waals surface area contributed by atoms with E-state index in [1.54, 1.807) is 13.8 Å². The summed E-state index contributed by atoms with van der Waals surface area (Å²) in [6, 6.07) is 0. The zero-order chi connectivity index (χ0) is 16.6. The Bertz CT molecular complexity index is 623. The molecule has 1 aromatic rings. The van der Waals surface area contributed by atoms with Crippen LogP contribution >= 0.6 is 11.3 Å². The summed E-state index contributed by atoms with van der Waals surface area (Å²) in [4.78, 5) is 16.7. The van der Waals surface area contributed by atoms with Crippen LogP contribution in [0.5, 0.6) is 0 Å². The second-order valence-electron chi connectivity index (χ2n) is 6.85. The van der Waals surface area contributed by atoms with Crippen molar-refractivity contribution < 1.29 is 13.2 Å². The molecule has 1 amide bonds. The van der Waals surface area contributed by atoms with Crippen LogP contribution in [0.15, 0.2) is 5.38 Å². The summed E-state index contributed by atoms with van der Waals surface area (Å²) >= 11 is 1.30. The molecule has 0 saturated heterocycles. The van der Waals surface area contributed by atoms with Crippen LogP contribution < -0.4 is 5.32 Å². The molecule has 0 aromatic carbocycles. The van der Waals surface area contributed by atoms with Gasteiger partial charge in [-0.05, 0) is 27.7 Å².